The second kappa shape index (κ2) is 8.34. The number of aliphatic imine (C=N–C) groups is 1. The second-order valence-corrected chi connectivity index (χ2v) is 8.09. The van der Waals surface area contributed by atoms with Gasteiger partial charge in [-0.15, -0.1) is 0 Å². The molecule has 0 unspecified atom stereocenters. The van der Waals surface area contributed by atoms with Crippen molar-refractivity contribution in [1.82, 2.24) is 0 Å². The average Bonchev–Trinajstić information content (AvgIpc) is 2.71. The summed E-state index contributed by atoms with van der Waals surface area (Å²) in [5.41, 5.74) is 6.69. The van der Waals surface area contributed by atoms with Crippen molar-refractivity contribution in [3.63, 3.8) is 0 Å². The van der Waals surface area contributed by atoms with Crippen LogP contribution < -0.4 is 9.64 Å². The molecule has 0 saturated heterocycles. The zero-order valence-electron chi connectivity index (χ0n) is 18.9. The van der Waals surface area contributed by atoms with Crippen molar-refractivity contribution < 1.29 is 14.3 Å². The van der Waals surface area contributed by atoms with Crippen LogP contribution in [-0.4, -0.2) is 38.5 Å². The number of esters is 1. The van der Waals surface area contributed by atoms with Gasteiger partial charge in [0.2, 0.25) is 0 Å². The zero-order valence-corrected chi connectivity index (χ0v) is 18.9. The Hall–Kier alpha value is -3.08. The van der Waals surface area contributed by atoms with Gasteiger partial charge in [0.05, 0.1) is 31.0 Å². The third-order valence-electron chi connectivity index (χ3n) is 5.61. The van der Waals surface area contributed by atoms with Gasteiger partial charge in [-0.2, -0.15) is 0 Å². The molecule has 0 spiro atoms. The third-order valence-corrected chi connectivity index (χ3v) is 5.61. The van der Waals surface area contributed by atoms with Crippen molar-refractivity contribution in [2.45, 2.75) is 40.2 Å². The first-order valence-corrected chi connectivity index (χ1v) is 10.1. The first-order chi connectivity index (χ1) is 14.2. The maximum absolute atomic E-state index is 11.7. The van der Waals surface area contributed by atoms with Gasteiger partial charge in [0.25, 0.3) is 0 Å². The fraction of sp³-hybridized carbons (Fsp3) is 0.360. The van der Waals surface area contributed by atoms with E-state index in [0.29, 0.717) is 5.56 Å². The van der Waals surface area contributed by atoms with E-state index in [0.717, 1.165) is 29.1 Å². The molecule has 0 saturated carbocycles. The summed E-state index contributed by atoms with van der Waals surface area (Å²) in [4.78, 5) is 18.8. The number of fused-ring (bicyclic) bond motifs is 1. The summed E-state index contributed by atoms with van der Waals surface area (Å²) in [7, 11) is 3.06. The predicted octanol–water partition coefficient (Wildman–Crippen LogP) is 5.56. The molecule has 0 bridgehead atoms. The van der Waals surface area contributed by atoms with Crippen LogP contribution >= 0.6 is 0 Å². The number of aryl methyl sites for hydroxylation is 1. The summed E-state index contributed by atoms with van der Waals surface area (Å²) in [6, 6.07) is 9.58. The molecule has 5 heteroatoms. The number of likely N-dealkylation sites (N-methyl/N-ethyl adjacent to an activating group) is 1. The Morgan fingerprint density at radius 3 is 2.50 bits per heavy atom. The molecular formula is C25H30N2O3. The van der Waals surface area contributed by atoms with E-state index in [1.165, 1.54) is 23.9 Å². The van der Waals surface area contributed by atoms with Gasteiger partial charge in [0.1, 0.15) is 5.75 Å². The summed E-state index contributed by atoms with van der Waals surface area (Å²) in [6.45, 7) is 11.6. The van der Waals surface area contributed by atoms with Gasteiger partial charge in [-0.1, -0.05) is 6.08 Å². The number of ether oxygens (including phenoxy) is 2. The van der Waals surface area contributed by atoms with E-state index in [2.05, 4.69) is 55.8 Å². The van der Waals surface area contributed by atoms with E-state index in [4.69, 9.17) is 9.47 Å². The molecule has 0 fully saturated rings. The van der Waals surface area contributed by atoms with E-state index < -0.39 is 0 Å². The molecule has 1 aliphatic heterocycles. The molecule has 1 heterocycles. The van der Waals surface area contributed by atoms with Gasteiger partial charge in [-0.3, -0.25) is 4.99 Å². The Bertz CT molecular complexity index is 1030. The average molecular weight is 407 g/mol. The number of anilines is 1. The van der Waals surface area contributed by atoms with Crippen molar-refractivity contribution >= 4 is 29.1 Å². The molecule has 30 heavy (non-hydrogen) atoms. The Balaban J connectivity index is 2.02. The van der Waals surface area contributed by atoms with Crippen molar-refractivity contribution in [2.24, 2.45) is 4.99 Å². The Morgan fingerprint density at radius 1 is 1.17 bits per heavy atom. The quantitative estimate of drug-likeness (QED) is 0.482. The van der Waals surface area contributed by atoms with Crippen LogP contribution in [0.5, 0.6) is 5.75 Å². The largest absolute Gasteiger partial charge is 0.496 e. The normalized spacial score (nSPS) is 15.0. The predicted molar refractivity (Wildman–Crippen MR) is 124 cm³/mol. The van der Waals surface area contributed by atoms with E-state index in [1.807, 2.05) is 19.2 Å². The molecule has 2 aromatic carbocycles. The number of methoxy groups -OCH3 is 2. The molecule has 0 amide bonds. The lowest BCUT2D eigenvalue weighted by atomic mass is 9.88. The topological polar surface area (TPSA) is 51.1 Å². The first-order valence-electron chi connectivity index (χ1n) is 10.1. The van der Waals surface area contributed by atoms with Crippen LogP contribution in [-0.2, 0) is 4.74 Å². The van der Waals surface area contributed by atoms with Crippen LogP contribution in [0.3, 0.4) is 0 Å². The van der Waals surface area contributed by atoms with Gasteiger partial charge >= 0.3 is 5.97 Å². The molecule has 158 valence electrons. The number of hydrogen-bond donors (Lipinski definition) is 0. The lowest BCUT2D eigenvalue weighted by Crippen LogP contribution is -2.44. The monoisotopic (exact) mass is 406 g/mol. The number of rotatable bonds is 5. The van der Waals surface area contributed by atoms with Crippen LogP contribution in [0.4, 0.5) is 11.4 Å². The SMILES string of the molecule is CCN1c2cc(OC)c(C=Nc3ccc(C(=O)OC)cc3C)cc2C(C)=CC1(C)C. The highest BCUT2D eigenvalue weighted by Gasteiger charge is 2.31. The number of carbonyl (C=O) groups is 1. The summed E-state index contributed by atoms with van der Waals surface area (Å²) in [5.74, 6) is 0.431. The van der Waals surface area contributed by atoms with Gasteiger partial charge in [0, 0.05) is 35.6 Å². The Morgan fingerprint density at radius 2 is 1.90 bits per heavy atom. The molecule has 0 atom stereocenters. The van der Waals surface area contributed by atoms with Gasteiger partial charge in [-0.05, 0) is 70.0 Å². The molecule has 5 nitrogen and oxygen atoms in total. The number of carbonyl (C=O) groups excluding carboxylic acids is 1. The molecular weight excluding hydrogens is 376 g/mol. The smallest absolute Gasteiger partial charge is 0.337 e. The maximum Gasteiger partial charge on any atom is 0.337 e. The minimum atomic E-state index is -0.351. The van der Waals surface area contributed by atoms with Crippen molar-refractivity contribution in [3.8, 4) is 5.75 Å². The lowest BCUT2D eigenvalue weighted by Gasteiger charge is -2.43. The van der Waals surface area contributed by atoms with Crippen LogP contribution in [0.1, 0.15) is 54.7 Å². The molecule has 0 N–H and O–H groups in total. The number of nitrogens with zero attached hydrogens (tertiary/aromatic N) is 2. The maximum atomic E-state index is 11.7. The molecule has 0 aliphatic carbocycles. The summed E-state index contributed by atoms with van der Waals surface area (Å²) in [6.07, 6.45) is 4.13. The van der Waals surface area contributed by atoms with E-state index >= 15 is 0 Å². The second-order valence-electron chi connectivity index (χ2n) is 8.09. The van der Waals surface area contributed by atoms with Crippen molar-refractivity contribution in [1.29, 1.82) is 0 Å². The number of hydrogen-bond acceptors (Lipinski definition) is 5. The van der Waals surface area contributed by atoms with Gasteiger partial charge in [-0.25, -0.2) is 4.79 Å². The fourth-order valence-corrected chi connectivity index (χ4v) is 4.16. The van der Waals surface area contributed by atoms with Gasteiger partial charge < -0.3 is 14.4 Å². The third kappa shape index (κ3) is 3.97. The van der Waals surface area contributed by atoms with E-state index in [9.17, 15) is 4.79 Å². The standard InChI is InChI=1S/C25H30N2O3/c1-8-27-22-13-23(29-6)19(12-20(22)17(3)14-25(27,4)5)15-26-21-10-9-18(11-16(21)2)24(28)30-7/h9-15H,8H2,1-7H3. The summed E-state index contributed by atoms with van der Waals surface area (Å²) >= 11 is 0. The van der Waals surface area contributed by atoms with Crippen LogP contribution in [0.25, 0.3) is 5.57 Å². The first kappa shape index (κ1) is 21.6. The van der Waals surface area contributed by atoms with E-state index in [1.54, 1.807) is 19.2 Å². The molecule has 0 aromatic heterocycles. The highest BCUT2D eigenvalue weighted by Crippen LogP contribution is 2.41. The van der Waals surface area contributed by atoms with E-state index in [-0.39, 0.29) is 11.5 Å². The highest BCUT2D eigenvalue weighted by molar-refractivity contribution is 5.93. The fourth-order valence-electron chi connectivity index (χ4n) is 4.16. The molecule has 1 aliphatic rings. The van der Waals surface area contributed by atoms with Crippen LogP contribution in [0.15, 0.2) is 41.4 Å². The van der Waals surface area contributed by atoms with Gasteiger partial charge in [0.15, 0.2) is 0 Å². The zero-order chi connectivity index (χ0) is 22.1. The number of benzene rings is 2. The highest BCUT2D eigenvalue weighted by atomic mass is 16.5. The molecule has 2 aromatic rings. The number of allylic oxidation sites excluding steroid dienone is 1. The van der Waals surface area contributed by atoms with Crippen molar-refractivity contribution in [3.05, 3.63) is 58.7 Å². The molecule has 0 radical (unpaired) electrons. The summed E-state index contributed by atoms with van der Waals surface area (Å²) < 4.78 is 10.5. The van der Waals surface area contributed by atoms with Crippen molar-refractivity contribution in [2.75, 3.05) is 25.7 Å². The minimum Gasteiger partial charge on any atom is -0.496 e. The Labute approximate surface area is 179 Å². The minimum absolute atomic E-state index is 0.0506. The Kier molecular flexibility index (Phi) is 6.01. The summed E-state index contributed by atoms with van der Waals surface area (Å²) in [5, 5.41) is 0. The van der Waals surface area contributed by atoms with Crippen LogP contribution in [0.2, 0.25) is 0 Å². The lowest BCUT2D eigenvalue weighted by molar-refractivity contribution is 0.0600. The molecule has 3 rings (SSSR count). The van der Waals surface area contributed by atoms with Crippen LogP contribution in [0, 0.1) is 6.92 Å².